The summed E-state index contributed by atoms with van der Waals surface area (Å²) in [6.07, 6.45) is 5.23. The number of rotatable bonds is 5. The van der Waals surface area contributed by atoms with E-state index in [0.717, 1.165) is 16.8 Å². The molecule has 0 aliphatic heterocycles. The highest BCUT2D eigenvalue weighted by Gasteiger charge is 2.11. The maximum atomic E-state index is 11.3. The predicted molar refractivity (Wildman–Crippen MR) is 105 cm³/mol. The molecule has 0 unspecified atom stereocenters. The van der Waals surface area contributed by atoms with Crippen molar-refractivity contribution in [2.24, 2.45) is 5.14 Å². The Kier molecular flexibility index (Phi) is 4.46. The number of aromatic nitrogens is 3. The lowest BCUT2D eigenvalue weighted by Gasteiger charge is -2.08. The summed E-state index contributed by atoms with van der Waals surface area (Å²) < 4.78 is 24.6. The van der Waals surface area contributed by atoms with E-state index in [-0.39, 0.29) is 10.6 Å². The quantitative estimate of drug-likeness (QED) is 0.477. The van der Waals surface area contributed by atoms with Crippen LogP contribution in [0.1, 0.15) is 5.56 Å². The zero-order valence-corrected chi connectivity index (χ0v) is 15.5. The number of aromatic hydroxyl groups is 1. The molecule has 0 bridgehead atoms. The highest BCUT2D eigenvalue weighted by Crippen LogP contribution is 2.25. The van der Waals surface area contributed by atoms with Crippen LogP contribution >= 0.6 is 0 Å². The van der Waals surface area contributed by atoms with Gasteiger partial charge in [-0.25, -0.2) is 23.5 Å². The Morgan fingerprint density at radius 1 is 1.04 bits per heavy atom. The number of nitrogens with one attached hydrogen (secondary N) is 1. The lowest BCUT2D eigenvalue weighted by molar-refractivity contribution is 0.475. The molecular formula is C19H17N5O3S. The van der Waals surface area contributed by atoms with Gasteiger partial charge in [0, 0.05) is 24.5 Å². The van der Waals surface area contributed by atoms with Crippen LogP contribution < -0.4 is 10.5 Å². The van der Waals surface area contributed by atoms with Gasteiger partial charge in [-0.2, -0.15) is 0 Å². The van der Waals surface area contributed by atoms with Crippen LogP contribution in [-0.4, -0.2) is 27.9 Å². The average molecular weight is 395 g/mol. The number of hydrogen-bond acceptors (Lipinski definition) is 6. The van der Waals surface area contributed by atoms with Gasteiger partial charge in [0.25, 0.3) is 0 Å². The van der Waals surface area contributed by atoms with Crippen LogP contribution in [0.3, 0.4) is 0 Å². The Bertz CT molecular complexity index is 1230. The van der Waals surface area contributed by atoms with Gasteiger partial charge >= 0.3 is 0 Å². The number of phenols is 1. The van der Waals surface area contributed by atoms with Gasteiger partial charge in [-0.1, -0.05) is 12.1 Å². The minimum absolute atomic E-state index is 0.0725. The number of imidazole rings is 1. The molecule has 142 valence electrons. The topological polar surface area (TPSA) is 123 Å². The van der Waals surface area contributed by atoms with Crippen LogP contribution in [0, 0.1) is 0 Å². The first kappa shape index (κ1) is 18.0. The molecule has 0 fully saturated rings. The van der Waals surface area contributed by atoms with Gasteiger partial charge in [0.15, 0.2) is 11.5 Å². The zero-order chi connectivity index (χ0) is 19.7. The summed E-state index contributed by atoms with van der Waals surface area (Å²) in [7, 11) is -3.70. The van der Waals surface area contributed by atoms with Crippen molar-refractivity contribution in [1.82, 2.24) is 14.4 Å². The summed E-state index contributed by atoms with van der Waals surface area (Å²) in [6, 6.07) is 13.2. The van der Waals surface area contributed by atoms with E-state index >= 15 is 0 Å². The number of nitrogens with zero attached hydrogens (tertiary/aromatic N) is 3. The van der Waals surface area contributed by atoms with Crippen LogP contribution in [0.5, 0.6) is 5.75 Å². The van der Waals surface area contributed by atoms with E-state index in [4.69, 9.17) is 5.14 Å². The number of phenolic OH excluding ortho intramolecular Hbond substituents is 1. The minimum Gasteiger partial charge on any atom is -0.508 e. The van der Waals surface area contributed by atoms with Gasteiger partial charge in [-0.05, 0) is 42.0 Å². The van der Waals surface area contributed by atoms with E-state index in [1.165, 1.54) is 12.1 Å². The first-order valence-corrected chi connectivity index (χ1v) is 9.93. The normalized spacial score (nSPS) is 11.6. The lowest BCUT2D eigenvalue weighted by Crippen LogP contribution is -2.12. The Labute approximate surface area is 161 Å². The van der Waals surface area contributed by atoms with Gasteiger partial charge in [0.05, 0.1) is 16.8 Å². The van der Waals surface area contributed by atoms with Gasteiger partial charge in [0.2, 0.25) is 10.0 Å². The van der Waals surface area contributed by atoms with Crippen molar-refractivity contribution in [3.63, 3.8) is 0 Å². The second kappa shape index (κ2) is 6.95. The average Bonchev–Trinajstić information content (AvgIpc) is 3.11. The molecule has 2 aromatic carbocycles. The van der Waals surface area contributed by atoms with Crippen LogP contribution in [0.15, 0.2) is 72.0 Å². The maximum Gasteiger partial charge on any atom is 0.238 e. The molecule has 4 N–H and O–H groups in total. The van der Waals surface area contributed by atoms with E-state index in [1.54, 1.807) is 36.7 Å². The molecule has 4 aromatic rings. The van der Waals surface area contributed by atoms with Crippen molar-refractivity contribution in [3.8, 4) is 17.0 Å². The number of anilines is 1. The van der Waals surface area contributed by atoms with Crippen molar-refractivity contribution < 1.29 is 13.5 Å². The molecule has 0 saturated carbocycles. The fourth-order valence-corrected chi connectivity index (χ4v) is 3.39. The van der Waals surface area contributed by atoms with Gasteiger partial charge in [0.1, 0.15) is 5.75 Å². The van der Waals surface area contributed by atoms with Crippen LogP contribution in [0.4, 0.5) is 5.82 Å². The monoisotopic (exact) mass is 395 g/mol. The van der Waals surface area contributed by atoms with E-state index in [0.29, 0.717) is 18.0 Å². The molecule has 9 heteroatoms. The van der Waals surface area contributed by atoms with Crippen molar-refractivity contribution in [1.29, 1.82) is 0 Å². The summed E-state index contributed by atoms with van der Waals surface area (Å²) in [5.41, 5.74) is 3.33. The van der Waals surface area contributed by atoms with E-state index < -0.39 is 10.0 Å². The third-order valence-corrected chi connectivity index (χ3v) is 5.23. The minimum atomic E-state index is -3.70. The van der Waals surface area contributed by atoms with Gasteiger partial charge < -0.3 is 10.4 Å². The van der Waals surface area contributed by atoms with Crippen molar-refractivity contribution in [3.05, 3.63) is 72.7 Å². The van der Waals surface area contributed by atoms with Gasteiger partial charge in [-0.15, -0.1) is 0 Å². The van der Waals surface area contributed by atoms with Crippen LogP contribution in [0.25, 0.3) is 16.9 Å². The Balaban J connectivity index is 1.59. The number of benzene rings is 2. The molecule has 0 aliphatic rings. The second-order valence-corrected chi connectivity index (χ2v) is 7.76. The van der Waals surface area contributed by atoms with Crippen LogP contribution in [0.2, 0.25) is 0 Å². The smallest absolute Gasteiger partial charge is 0.238 e. The van der Waals surface area contributed by atoms with Crippen molar-refractivity contribution in [2.45, 2.75) is 11.4 Å². The Morgan fingerprint density at radius 2 is 1.75 bits per heavy atom. The Morgan fingerprint density at radius 3 is 2.43 bits per heavy atom. The van der Waals surface area contributed by atoms with Gasteiger partial charge in [-0.3, -0.25) is 4.40 Å². The standard InChI is InChI=1S/C19H17N5O3S/c20-28(26,27)16-7-1-13(2-8-16)11-22-18-19-23-12-17(24(19)10-9-21-18)14-3-5-15(25)6-4-14/h1-10,12,25H,11H2,(H,21,22)(H2,20,26,27). The number of hydrogen-bond donors (Lipinski definition) is 3. The second-order valence-electron chi connectivity index (χ2n) is 6.20. The summed E-state index contributed by atoms with van der Waals surface area (Å²) in [5, 5.41) is 17.8. The largest absolute Gasteiger partial charge is 0.508 e. The first-order valence-electron chi connectivity index (χ1n) is 8.39. The zero-order valence-electron chi connectivity index (χ0n) is 14.6. The molecule has 0 aliphatic carbocycles. The SMILES string of the molecule is NS(=O)(=O)c1ccc(CNc2nccn3c(-c4ccc(O)cc4)cnc23)cc1. The summed E-state index contributed by atoms with van der Waals surface area (Å²) >= 11 is 0. The third-order valence-electron chi connectivity index (χ3n) is 4.30. The molecule has 0 radical (unpaired) electrons. The van der Waals surface area contributed by atoms with Crippen molar-refractivity contribution >= 4 is 21.5 Å². The molecule has 2 aromatic heterocycles. The summed E-state index contributed by atoms with van der Waals surface area (Å²) in [6.45, 7) is 0.443. The third kappa shape index (κ3) is 3.53. The molecule has 0 atom stereocenters. The Hall–Kier alpha value is -3.43. The first-order chi connectivity index (χ1) is 13.4. The van der Waals surface area contributed by atoms with E-state index in [2.05, 4.69) is 15.3 Å². The maximum absolute atomic E-state index is 11.3. The number of sulfonamides is 1. The number of fused-ring (bicyclic) bond motifs is 1. The van der Waals surface area contributed by atoms with E-state index in [9.17, 15) is 13.5 Å². The number of nitrogens with two attached hydrogens (primary N) is 1. The summed E-state index contributed by atoms with van der Waals surface area (Å²) in [5.74, 6) is 0.804. The molecule has 28 heavy (non-hydrogen) atoms. The molecule has 0 saturated heterocycles. The fraction of sp³-hybridized carbons (Fsp3) is 0.0526. The molecule has 0 amide bonds. The van der Waals surface area contributed by atoms with E-state index in [1.807, 2.05) is 22.7 Å². The lowest BCUT2D eigenvalue weighted by atomic mass is 10.1. The number of primary sulfonamides is 1. The fourth-order valence-electron chi connectivity index (χ4n) is 2.87. The molecule has 8 nitrogen and oxygen atoms in total. The molecule has 4 rings (SSSR count). The predicted octanol–water partition coefficient (Wildman–Crippen LogP) is 2.36. The molecule has 0 spiro atoms. The summed E-state index contributed by atoms with van der Waals surface area (Å²) in [4.78, 5) is 8.88. The van der Waals surface area contributed by atoms with Crippen LogP contribution in [-0.2, 0) is 16.6 Å². The highest BCUT2D eigenvalue weighted by atomic mass is 32.2. The molecular weight excluding hydrogens is 378 g/mol. The van der Waals surface area contributed by atoms with Crippen molar-refractivity contribution in [2.75, 3.05) is 5.32 Å². The molecule has 2 heterocycles. The highest BCUT2D eigenvalue weighted by molar-refractivity contribution is 7.89.